The Morgan fingerprint density at radius 2 is 1.56 bits per heavy atom. The van der Waals surface area contributed by atoms with E-state index in [4.69, 9.17) is 4.84 Å². The molecule has 0 saturated carbocycles. The predicted octanol–water partition coefficient (Wildman–Crippen LogP) is -1.96. The summed E-state index contributed by atoms with van der Waals surface area (Å²) in [5.74, 6) is 0. The highest BCUT2D eigenvalue weighted by molar-refractivity contribution is 4.29. The van der Waals surface area contributed by atoms with Gasteiger partial charge in [-0.25, -0.2) is 4.84 Å². The summed E-state index contributed by atoms with van der Waals surface area (Å²) in [6, 6.07) is 0.528. The first kappa shape index (κ1) is 11.6. The minimum atomic E-state index is 0. The summed E-state index contributed by atoms with van der Waals surface area (Å²) >= 11 is 0. The van der Waals surface area contributed by atoms with Gasteiger partial charge in [0.1, 0.15) is 6.04 Å². The zero-order valence-electron chi connectivity index (χ0n) is 6.81. The lowest BCUT2D eigenvalue weighted by Gasteiger charge is -2.28. The molecule has 0 aliphatic rings. The van der Waals surface area contributed by atoms with Crippen LogP contribution >= 0.6 is 0 Å². The molecule has 0 aromatic heterocycles. The number of quaternary nitrogens is 1. The monoisotopic (exact) mass is 137 g/mol. The Labute approximate surface area is 56.3 Å². The van der Waals surface area contributed by atoms with Gasteiger partial charge in [0.25, 0.3) is 0 Å². The van der Waals surface area contributed by atoms with E-state index in [9.17, 15) is 0 Å². The molecule has 9 heavy (non-hydrogen) atoms. The van der Waals surface area contributed by atoms with Crippen molar-refractivity contribution in [2.75, 3.05) is 21.2 Å². The summed E-state index contributed by atoms with van der Waals surface area (Å²) in [4.78, 5) is 5.14. The molecule has 0 saturated heterocycles. The van der Waals surface area contributed by atoms with Crippen molar-refractivity contribution in [3.8, 4) is 0 Å². The van der Waals surface area contributed by atoms with Crippen LogP contribution < -0.4 is 4.70 Å². The van der Waals surface area contributed by atoms with Gasteiger partial charge in [0, 0.05) is 0 Å². The van der Waals surface area contributed by atoms with E-state index < -0.39 is 0 Å². The lowest BCUT2D eigenvalue weighted by molar-refractivity contribution is -1.09. The molecule has 0 atom stereocenters. The Hall–Kier alpha value is -0.150. The molecule has 0 spiro atoms. The second kappa shape index (κ2) is 3.80. The van der Waals surface area contributed by atoms with E-state index in [1.54, 1.807) is 7.11 Å². The van der Waals surface area contributed by atoms with E-state index in [0.29, 0.717) is 10.7 Å². The van der Waals surface area contributed by atoms with E-state index in [1.807, 2.05) is 14.1 Å². The van der Waals surface area contributed by atoms with Gasteiger partial charge < -0.3 is 4.70 Å². The van der Waals surface area contributed by atoms with Gasteiger partial charge in [-0.3, -0.25) is 0 Å². The second-order valence-electron chi connectivity index (χ2n) is 2.71. The average molecular weight is 137 g/mol. The van der Waals surface area contributed by atoms with Crippen LogP contribution in [0.25, 0.3) is 0 Å². The third-order valence-electron chi connectivity index (χ3n) is 1.71. The smallest absolute Gasteiger partial charge is 0.113 e. The molecule has 0 N–H and O–H groups in total. The molecule has 2 nitrogen and oxygen atoms in total. The first-order chi connectivity index (χ1) is 3.50. The molecular formula is C6H16FNO. The van der Waals surface area contributed by atoms with Gasteiger partial charge >= 0.3 is 0 Å². The van der Waals surface area contributed by atoms with Crippen molar-refractivity contribution in [2.24, 2.45) is 0 Å². The molecule has 0 amide bonds. The van der Waals surface area contributed by atoms with Crippen molar-refractivity contribution in [3.63, 3.8) is 0 Å². The Morgan fingerprint density at radius 3 is 1.56 bits per heavy atom. The standard InChI is InChI=1S/C6H16NO.FH/c1-6(2)7(3,4)8-5;/h6H,1-5H3;1H/q+1;/p-1. The van der Waals surface area contributed by atoms with Crippen LogP contribution in [-0.4, -0.2) is 31.9 Å². The van der Waals surface area contributed by atoms with Crippen molar-refractivity contribution in [2.45, 2.75) is 19.9 Å². The Bertz CT molecular complexity index is 73.5. The quantitative estimate of drug-likeness (QED) is 0.317. The number of rotatable bonds is 2. The summed E-state index contributed by atoms with van der Waals surface area (Å²) in [7, 11) is 5.79. The van der Waals surface area contributed by atoms with E-state index in [1.165, 1.54) is 0 Å². The molecule has 0 bridgehead atoms. The highest BCUT2D eigenvalue weighted by Gasteiger charge is 2.18. The molecule has 0 radical (unpaired) electrons. The van der Waals surface area contributed by atoms with E-state index in [0.717, 1.165) is 0 Å². The minimum Gasteiger partial charge on any atom is -1.00 e. The van der Waals surface area contributed by atoms with Crippen molar-refractivity contribution < 1.29 is 14.2 Å². The second-order valence-corrected chi connectivity index (χ2v) is 2.71. The lowest BCUT2D eigenvalue weighted by Crippen LogP contribution is -3.00. The van der Waals surface area contributed by atoms with Gasteiger partial charge in [-0.2, -0.15) is 4.65 Å². The van der Waals surface area contributed by atoms with Crippen molar-refractivity contribution in [3.05, 3.63) is 0 Å². The predicted molar refractivity (Wildman–Crippen MR) is 34.3 cm³/mol. The van der Waals surface area contributed by atoms with Crippen molar-refractivity contribution in [1.82, 2.24) is 0 Å². The maximum Gasteiger partial charge on any atom is 0.113 e. The molecule has 0 rings (SSSR count). The zero-order valence-corrected chi connectivity index (χ0v) is 6.81. The Balaban J connectivity index is 0. The molecule has 0 aliphatic heterocycles. The highest BCUT2D eigenvalue weighted by atomic mass is 19.0. The van der Waals surface area contributed by atoms with Gasteiger partial charge in [-0.15, -0.1) is 0 Å². The van der Waals surface area contributed by atoms with Gasteiger partial charge in [0.05, 0.1) is 21.2 Å². The third-order valence-corrected chi connectivity index (χ3v) is 1.71. The van der Waals surface area contributed by atoms with Crippen LogP contribution in [0.15, 0.2) is 0 Å². The maximum absolute atomic E-state index is 5.14. The first-order valence-corrected chi connectivity index (χ1v) is 2.90. The molecule has 0 aromatic rings. The Morgan fingerprint density at radius 1 is 1.22 bits per heavy atom. The van der Waals surface area contributed by atoms with E-state index >= 15 is 0 Å². The SMILES string of the molecule is CO[N+](C)(C)C(C)C.[F-]. The lowest BCUT2D eigenvalue weighted by atomic mass is 10.4. The van der Waals surface area contributed by atoms with E-state index in [2.05, 4.69) is 13.8 Å². The molecule has 0 unspecified atom stereocenters. The molecule has 0 aromatic carbocycles. The summed E-state index contributed by atoms with van der Waals surface area (Å²) in [5.41, 5.74) is 0. The topological polar surface area (TPSA) is 9.23 Å². The minimum absolute atomic E-state index is 0. The van der Waals surface area contributed by atoms with Crippen LogP contribution in [0, 0.1) is 0 Å². The molecule has 0 aliphatic carbocycles. The first-order valence-electron chi connectivity index (χ1n) is 2.90. The summed E-state index contributed by atoms with van der Waals surface area (Å²) in [6.45, 7) is 4.26. The highest BCUT2D eigenvalue weighted by Crippen LogP contribution is 2.03. The van der Waals surface area contributed by atoms with Gasteiger partial charge in [0.15, 0.2) is 0 Å². The summed E-state index contributed by atoms with van der Waals surface area (Å²) in [5, 5.41) is 0. The molecule has 0 heterocycles. The van der Waals surface area contributed by atoms with Gasteiger partial charge in [0.2, 0.25) is 0 Å². The van der Waals surface area contributed by atoms with Gasteiger partial charge in [-0.05, 0) is 13.8 Å². The van der Waals surface area contributed by atoms with Crippen LogP contribution in [0.3, 0.4) is 0 Å². The maximum atomic E-state index is 5.14. The zero-order chi connectivity index (χ0) is 6.78. The van der Waals surface area contributed by atoms with Crippen molar-refractivity contribution in [1.29, 1.82) is 0 Å². The fourth-order valence-electron chi connectivity index (χ4n) is 0.211. The summed E-state index contributed by atoms with van der Waals surface area (Å²) in [6.07, 6.45) is 0. The normalized spacial score (nSPS) is 11.3. The number of hydrogen-bond donors (Lipinski definition) is 0. The third kappa shape index (κ3) is 3.43. The largest absolute Gasteiger partial charge is 1.00 e. The van der Waals surface area contributed by atoms with Gasteiger partial charge in [-0.1, -0.05) is 0 Å². The summed E-state index contributed by atoms with van der Waals surface area (Å²) < 4.78 is 0.625. The fraction of sp³-hybridized carbons (Fsp3) is 1.00. The number of halogens is 1. The molecule has 3 heteroatoms. The van der Waals surface area contributed by atoms with Crippen LogP contribution in [0.1, 0.15) is 13.8 Å². The molecular weight excluding hydrogens is 121 g/mol. The van der Waals surface area contributed by atoms with Crippen molar-refractivity contribution >= 4 is 0 Å². The fourth-order valence-corrected chi connectivity index (χ4v) is 0.211. The Kier molecular flexibility index (Phi) is 4.90. The average Bonchev–Trinajstić information content (AvgIpc) is 1.67. The van der Waals surface area contributed by atoms with Crippen LogP contribution in [-0.2, 0) is 4.84 Å². The molecule has 58 valence electrons. The molecule has 0 fully saturated rings. The number of nitrogens with zero attached hydrogens (tertiary/aromatic N) is 1. The van der Waals surface area contributed by atoms with Crippen LogP contribution in [0.5, 0.6) is 0 Å². The number of hydrogen-bond acceptors (Lipinski definition) is 1. The van der Waals surface area contributed by atoms with Crippen LogP contribution in [0.2, 0.25) is 0 Å². The van der Waals surface area contributed by atoms with E-state index in [-0.39, 0.29) is 4.70 Å². The van der Waals surface area contributed by atoms with Crippen LogP contribution in [0.4, 0.5) is 0 Å². The number of hydroxylamine groups is 3.